The summed E-state index contributed by atoms with van der Waals surface area (Å²) in [4.78, 5) is 23.5. The van der Waals surface area contributed by atoms with Crippen LogP contribution in [0.1, 0.15) is 30.6 Å². The number of para-hydroxylation sites is 1. The maximum atomic E-state index is 12.1. The van der Waals surface area contributed by atoms with Crippen LogP contribution in [0, 0.1) is 0 Å². The van der Waals surface area contributed by atoms with Gasteiger partial charge in [0.05, 0.1) is 23.9 Å². The molecule has 2 aromatic rings. The van der Waals surface area contributed by atoms with Gasteiger partial charge in [-0.05, 0) is 37.6 Å². The Bertz CT molecular complexity index is 746. The molecule has 0 aliphatic rings. The first kappa shape index (κ1) is 18.3. The van der Waals surface area contributed by atoms with Crippen molar-refractivity contribution in [3.05, 3.63) is 54.1 Å². The maximum Gasteiger partial charge on any atom is 0.250 e. The van der Waals surface area contributed by atoms with Crippen molar-refractivity contribution in [2.45, 2.75) is 26.4 Å². The summed E-state index contributed by atoms with van der Waals surface area (Å²) in [5.74, 6) is -0.112. The lowest BCUT2D eigenvalue weighted by atomic mass is 10.1. The number of anilines is 2. The molecule has 1 unspecified atom stereocenters. The highest BCUT2D eigenvalue weighted by Gasteiger charge is 2.10. The zero-order valence-corrected chi connectivity index (χ0v) is 14.4. The number of hydrogen-bond donors (Lipinski definition) is 3. The minimum atomic E-state index is -0.584. The quantitative estimate of drug-likeness (QED) is 0.688. The second-order valence-electron chi connectivity index (χ2n) is 5.68. The Morgan fingerprint density at radius 1 is 1.16 bits per heavy atom. The van der Waals surface area contributed by atoms with Gasteiger partial charge in [0.2, 0.25) is 5.91 Å². The molecule has 0 aliphatic carbocycles. The SMILES string of the molecule is CCC(C)Oc1cccc(NCC(=O)Nc2ccccc2C(N)=O)c1. The molecule has 0 bridgehead atoms. The first-order valence-electron chi connectivity index (χ1n) is 8.19. The number of nitrogens with two attached hydrogens (primary N) is 1. The smallest absolute Gasteiger partial charge is 0.250 e. The van der Waals surface area contributed by atoms with Crippen molar-refractivity contribution >= 4 is 23.2 Å². The van der Waals surface area contributed by atoms with Gasteiger partial charge in [-0.3, -0.25) is 9.59 Å². The Hall–Kier alpha value is -3.02. The second kappa shape index (κ2) is 8.73. The predicted octanol–water partition coefficient (Wildman–Crippen LogP) is 3.01. The Kier molecular flexibility index (Phi) is 6.39. The summed E-state index contributed by atoms with van der Waals surface area (Å²) in [5.41, 5.74) is 6.76. The lowest BCUT2D eigenvalue weighted by molar-refractivity contribution is -0.114. The monoisotopic (exact) mass is 341 g/mol. The van der Waals surface area contributed by atoms with E-state index in [9.17, 15) is 9.59 Å². The van der Waals surface area contributed by atoms with Crippen LogP contribution in [0.5, 0.6) is 5.75 Å². The van der Waals surface area contributed by atoms with Crippen molar-refractivity contribution in [3.8, 4) is 5.75 Å². The predicted molar refractivity (Wildman–Crippen MR) is 98.9 cm³/mol. The van der Waals surface area contributed by atoms with Crippen LogP contribution in [-0.2, 0) is 4.79 Å². The number of hydrogen-bond acceptors (Lipinski definition) is 4. The molecule has 1 atom stereocenters. The molecular formula is C19H23N3O3. The summed E-state index contributed by atoms with van der Waals surface area (Å²) in [7, 11) is 0. The van der Waals surface area contributed by atoms with Crippen LogP contribution in [0.25, 0.3) is 0 Å². The van der Waals surface area contributed by atoms with Crippen molar-refractivity contribution in [1.29, 1.82) is 0 Å². The van der Waals surface area contributed by atoms with E-state index in [-0.39, 0.29) is 24.1 Å². The first-order chi connectivity index (χ1) is 12.0. The third-order valence-electron chi connectivity index (χ3n) is 3.67. The van der Waals surface area contributed by atoms with Gasteiger partial charge in [0.1, 0.15) is 5.75 Å². The van der Waals surface area contributed by atoms with Crippen molar-refractivity contribution in [2.24, 2.45) is 5.73 Å². The molecule has 0 saturated carbocycles. The molecule has 0 fully saturated rings. The van der Waals surface area contributed by atoms with Gasteiger partial charge in [-0.2, -0.15) is 0 Å². The fraction of sp³-hybridized carbons (Fsp3) is 0.263. The average Bonchev–Trinajstić information content (AvgIpc) is 2.60. The van der Waals surface area contributed by atoms with E-state index >= 15 is 0 Å². The van der Waals surface area contributed by atoms with E-state index in [0.29, 0.717) is 5.69 Å². The van der Waals surface area contributed by atoms with Gasteiger partial charge >= 0.3 is 0 Å². The van der Waals surface area contributed by atoms with Crippen molar-refractivity contribution in [3.63, 3.8) is 0 Å². The number of amides is 2. The molecule has 2 amide bonds. The molecule has 4 N–H and O–H groups in total. The normalized spacial score (nSPS) is 11.4. The van der Waals surface area contributed by atoms with Crippen molar-refractivity contribution in [2.75, 3.05) is 17.2 Å². The number of benzene rings is 2. The number of carbonyl (C=O) groups is 2. The molecule has 0 heterocycles. The van der Waals surface area contributed by atoms with Crippen molar-refractivity contribution < 1.29 is 14.3 Å². The molecule has 2 aromatic carbocycles. The van der Waals surface area contributed by atoms with Crippen LogP contribution < -0.4 is 21.1 Å². The number of rotatable bonds is 8. The zero-order chi connectivity index (χ0) is 18.2. The van der Waals surface area contributed by atoms with E-state index in [4.69, 9.17) is 10.5 Å². The van der Waals surface area contributed by atoms with Crippen LogP contribution in [0.15, 0.2) is 48.5 Å². The van der Waals surface area contributed by atoms with Crippen LogP contribution in [0.2, 0.25) is 0 Å². The highest BCUT2D eigenvalue weighted by atomic mass is 16.5. The summed E-state index contributed by atoms with van der Waals surface area (Å²) in [5, 5.41) is 5.72. The van der Waals surface area contributed by atoms with E-state index in [0.717, 1.165) is 17.9 Å². The van der Waals surface area contributed by atoms with Gasteiger partial charge in [0.15, 0.2) is 0 Å². The summed E-state index contributed by atoms with van der Waals surface area (Å²) < 4.78 is 5.76. The van der Waals surface area contributed by atoms with Gasteiger partial charge in [0.25, 0.3) is 5.91 Å². The molecule has 0 spiro atoms. The number of primary amides is 1. The molecule has 25 heavy (non-hydrogen) atoms. The fourth-order valence-electron chi connectivity index (χ4n) is 2.18. The van der Waals surface area contributed by atoms with E-state index in [1.54, 1.807) is 24.3 Å². The maximum absolute atomic E-state index is 12.1. The number of carbonyl (C=O) groups excluding carboxylic acids is 2. The number of ether oxygens (including phenoxy) is 1. The summed E-state index contributed by atoms with van der Waals surface area (Å²) in [6.07, 6.45) is 1.04. The van der Waals surface area contributed by atoms with Gasteiger partial charge in [-0.1, -0.05) is 25.1 Å². The van der Waals surface area contributed by atoms with Gasteiger partial charge in [-0.15, -0.1) is 0 Å². The highest BCUT2D eigenvalue weighted by molar-refractivity contribution is 6.03. The lowest BCUT2D eigenvalue weighted by Gasteiger charge is -2.14. The topological polar surface area (TPSA) is 93.4 Å². The molecule has 132 valence electrons. The Balaban J connectivity index is 1.94. The molecule has 0 radical (unpaired) electrons. The number of nitrogens with one attached hydrogen (secondary N) is 2. The molecule has 0 aliphatic heterocycles. The van der Waals surface area contributed by atoms with Gasteiger partial charge in [-0.25, -0.2) is 0 Å². The molecule has 0 aromatic heterocycles. The minimum Gasteiger partial charge on any atom is -0.491 e. The van der Waals surface area contributed by atoms with E-state index in [1.165, 1.54) is 0 Å². The van der Waals surface area contributed by atoms with E-state index in [1.807, 2.05) is 31.2 Å². The van der Waals surface area contributed by atoms with E-state index in [2.05, 4.69) is 17.6 Å². The minimum absolute atomic E-state index is 0.0554. The molecule has 2 rings (SSSR count). The largest absolute Gasteiger partial charge is 0.491 e. The average molecular weight is 341 g/mol. The second-order valence-corrected chi connectivity index (χ2v) is 5.68. The Morgan fingerprint density at radius 3 is 2.64 bits per heavy atom. The standard InChI is InChI=1S/C19H23N3O3/c1-3-13(2)25-15-8-6-7-14(11-15)21-12-18(23)22-17-10-5-4-9-16(17)19(20)24/h4-11,13,21H,3,12H2,1-2H3,(H2,20,24)(H,22,23). The highest BCUT2D eigenvalue weighted by Crippen LogP contribution is 2.19. The fourth-order valence-corrected chi connectivity index (χ4v) is 2.18. The summed E-state index contributed by atoms with van der Waals surface area (Å²) >= 11 is 0. The zero-order valence-electron chi connectivity index (χ0n) is 14.4. The molecule has 6 heteroatoms. The van der Waals surface area contributed by atoms with Crippen LogP contribution >= 0.6 is 0 Å². The van der Waals surface area contributed by atoms with Crippen LogP contribution in [0.3, 0.4) is 0 Å². The molecule has 6 nitrogen and oxygen atoms in total. The lowest BCUT2D eigenvalue weighted by Crippen LogP contribution is -2.24. The summed E-state index contributed by atoms with van der Waals surface area (Å²) in [6, 6.07) is 14.1. The van der Waals surface area contributed by atoms with E-state index < -0.39 is 5.91 Å². The summed E-state index contributed by atoms with van der Waals surface area (Å²) in [6.45, 7) is 4.12. The first-order valence-corrected chi connectivity index (χ1v) is 8.19. The molecule has 0 saturated heterocycles. The Labute approximate surface area is 147 Å². The third kappa shape index (κ3) is 5.53. The Morgan fingerprint density at radius 2 is 1.92 bits per heavy atom. The van der Waals surface area contributed by atoms with Crippen LogP contribution in [-0.4, -0.2) is 24.5 Å². The molecular weight excluding hydrogens is 318 g/mol. The van der Waals surface area contributed by atoms with Crippen LogP contribution in [0.4, 0.5) is 11.4 Å². The van der Waals surface area contributed by atoms with Gasteiger partial charge in [0, 0.05) is 11.8 Å². The third-order valence-corrected chi connectivity index (χ3v) is 3.67. The van der Waals surface area contributed by atoms with Gasteiger partial charge < -0.3 is 21.1 Å². The van der Waals surface area contributed by atoms with Crippen molar-refractivity contribution in [1.82, 2.24) is 0 Å².